The van der Waals surface area contributed by atoms with Crippen LogP contribution in [0, 0.1) is 18.8 Å². The number of likely N-dealkylation sites (tertiary alicyclic amines) is 1. The van der Waals surface area contributed by atoms with Crippen LogP contribution in [-0.4, -0.2) is 46.6 Å². The van der Waals surface area contributed by atoms with Crippen molar-refractivity contribution in [1.82, 2.24) is 9.80 Å². The predicted molar refractivity (Wildman–Crippen MR) is 139 cm³/mol. The first-order valence-corrected chi connectivity index (χ1v) is 13.4. The van der Waals surface area contributed by atoms with Gasteiger partial charge in [-0.05, 0) is 81.5 Å². The van der Waals surface area contributed by atoms with E-state index < -0.39 is 0 Å². The molecule has 35 heavy (non-hydrogen) atoms. The molecule has 0 amide bonds. The van der Waals surface area contributed by atoms with E-state index in [2.05, 4.69) is 21.9 Å². The molecule has 5 heteroatoms. The largest absolute Gasteiger partial charge is 0.507 e. The predicted octanol–water partition coefficient (Wildman–Crippen LogP) is 5.36. The van der Waals surface area contributed by atoms with E-state index in [-0.39, 0.29) is 11.4 Å². The van der Waals surface area contributed by atoms with Gasteiger partial charge < -0.3 is 9.52 Å². The smallest absolute Gasteiger partial charge is 0.344 e. The lowest BCUT2D eigenvalue weighted by Crippen LogP contribution is -2.58. The molecule has 2 aromatic carbocycles. The fourth-order valence-corrected chi connectivity index (χ4v) is 7.83. The van der Waals surface area contributed by atoms with Gasteiger partial charge in [-0.15, -0.1) is 0 Å². The minimum Gasteiger partial charge on any atom is -0.507 e. The second kappa shape index (κ2) is 8.21. The molecule has 3 aliphatic heterocycles. The maximum atomic E-state index is 12.6. The first kappa shape index (κ1) is 21.6. The fraction of sp³-hybridized carbons (Fsp3) is 0.500. The van der Waals surface area contributed by atoms with Crippen molar-refractivity contribution in [2.24, 2.45) is 11.8 Å². The maximum absolute atomic E-state index is 12.6. The van der Waals surface area contributed by atoms with Gasteiger partial charge in [-0.2, -0.15) is 0 Å². The van der Waals surface area contributed by atoms with E-state index in [9.17, 15) is 9.90 Å². The summed E-state index contributed by atoms with van der Waals surface area (Å²) >= 11 is 0. The molecule has 4 unspecified atom stereocenters. The van der Waals surface area contributed by atoms with Crippen LogP contribution < -0.4 is 5.63 Å². The van der Waals surface area contributed by atoms with E-state index in [1.165, 1.54) is 51.6 Å². The van der Waals surface area contributed by atoms with E-state index in [1.54, 1.807) is 5.57 Å². The number of aromatic hydroxyl groups is 1. The van der Waals surface area contributed by atoms with Gasteiger partial charge in [-0.3, -0.25) is 9.80 Å². The number of phenols is 1. The highest BCUT2D eigenvalue weighted by Gasteiger charge is 2.45. The van der Waals surface area contributed by atoms with E-state index in [0.29, 0.717) is 28.5 Å². The molecule has 3 aromatic rings. The third-order valence-corrected chi connectivity index (χ3v) is 9.33. The molecular formula is C30H34N2O3. The summed E-state index contributed by atoms with van der Waals surface area (Å²) in [7, 11) is 0. The lowest BCUT2D eigenvalue weighted by Gasteiger charge is -2.54. The highest BCUT2D eigenvalue weighted by atomic mass is 16.4. The molecule has 4 aliphatic rings. The van der Waals surface area contributed by atoms with Gasteiger partial charge in [0.1, 0.15) is 11.3 Å². The SMILES string of the molecule is Cc1c(O)c(CN2CCCC3=CC4CC(CN5CCCCC45)C32)cc2c1oc(=O)c1ccccc12. The maximum Gasteiger partial charge on any atom is 0.344 e. The first-order valence-electron chi connectivity index (χ1n) is 13.4. The topological polar surface area (TPSA) is 56.9 Å². The van der Waals surface area contributed by atoms with Crippen molar-refractivity contribution in [2.45, 2.75) is 64.1 Å². The summed E-state index contributed by atoms with van der Waals surface area (Å²) in [5, 5.41) is 13.6. The molecule has 0 saturated carbocycles. The highest BCUT2D eigenvalue weighted by Crippen LogP contribution is 2.46. The van der Waals surface area contributed by atoms with E-state index in [4.69, 9.17) is 4.42 Å². The zero-order valence-corrected chi connectivity index (χ0v) is 20.5. The van der Waals surface area contributed by atoms with Crippen LogP contribution in [0.4, 0.5) is 0 Å². The Morgan fingerprint density at radius 1 is 1.09 bits per heavy atom. The summed E-state index contributed by atoms with van der Waals surface area (Å²) < 4.78 is 5.68. The van der Waals surface area contributed by atoms with Crippen LogP contribution in [0.1, 0.15) is 49.7 Å². The fourth-order valence-electron chi connectivity index (χ4n) is 7.83. The second-order valence-corrected chi connectivity index (χ2v) is 11.3. The van der Waals surface area contributed by atoms with Crippen LogP contribution >= 0.6 is 0 Å². The standard InChI is InChI=1S/C30H34N2O3/c1-18-28(33)22(15-25-23-8-2-3-9-24(23)30(34)35-29(18)25)17-32-12-6-7-19-13-20-14-21(27(19)32)16-31-11-5-4-10-26(20)31/h2-3,8-9,13,15,20-21,26-27,33H,4-7,10-12,14,16-17H2,1H3. The molecule has 182 valence electrons. The lowest BCUT2D eigenvalue weighted by atomic mass is 9.68. The third kappa shape index (κ3) is 3.39. The van der Waals surface area contributed by atoms with E-state index >= 15 is 0 Å². The average Bonchev–Trinajstić information content (AvgIpc) is 2.88. The van der Waals surface area contributed by atoms with Crippen molar-refractivity contribution in [3.8, 4) is 5.75 Å². The Kier molecular flexibility index (Phi) is 5.07. The van der Waals surface area contributed by atoms with Crippen LogP contribution in [0.15, 0.2) is 51.2 Å². The van der Waals surface area contributed by atoms with E-state index in [0.717, 1.165) is 41.4 Å². The van der Waals surface area contributed by atoms with Gasteiger partial charge in [-0.25, -0.2) is 4.79 Å². The van der Waals surface area contributed by atoms with Gasteiger partial charge in [0.15, 0.2) is 0 Å². The van der Waals surface area contributed by atoms with Crippen LogP contribution in [-0.2, 0) is 6.54 Å². The average molecular weight is 471 g/mol. The Labute approximate surface area is 206 Å². The van der Waals surface area contributed by atoms with Crippen molar-refractivity contribution in [3.63, 3.8) is 0 Å². The molecule has 4 atom stereocenters. The molecule has 7 rings (SSSR count). The number of fused-ring (bicyclic) bond motifs is 9. The minimum absolute atomic E-state index is 0.264. The zero-order valence-electron chi connectivity index (χ0n) is 20.5. The highest BCUT2D eigenvalue weighted by molar-refractivity contribution is 6.06. The molecule has 1 aromatic heterocycles. The number of phenolic OH excluding ortho intramolecular Hbond substituents is 1. The summed E-state index contributed by atoms with van der Waals surface area (Å²) in [4.78, 5) is 18.0. The summed E-state index contributed by atoms with van der Waals surface area (Å²) in [5.41, 5.74) is 3.39. The Hall–Kier alpha value is -2.63. The van der Waals surface area contributed by atoms with Gasteiger partial charge in [0.2, 0.25) is 0 Å². The van der Waals surface area contributed by atoms with Crippen LogP contribution in [0.5, 0.6) is 5.75 Å². The molecular weight excluding hydrogens is 436 g/mol. The molecule has 2 bridgehead atoms. The molecule has 1 N–H and O–H groups in total. The minimum atomic E-state index is -0.348. The van der Waals surface area contributed by atoms with Gasteiger partial charge in [-0.1, -0.05) is 36.3 Å². The van der Waals surface area contributed by atoms with Crippen LogP contribution in [0.25, 0.3) is 21.7 Å². The summed E-state index contributed by atoms with van der Waals surface area (Å²) in [5.74, 6) is 1.67. The molecule has 1 aliphatic carbocycles. The monoisotopic (exact) mass is 470 g/mol. The van der Waals surface area contributed by atoms with Crippen molar-refractivity contribution in [1.29, 1.82) is 0 Å². The molecule has 0 radical (unpaired) electrons. The van der Waals surface area contributed by atoms with Gasteiger partial charge in [0, 0.05) is 41.7 Å². The normalized spacial score (nSPS) is 29.1. The second-order valence-electron chi connectivity index (χ2n) is 11.3. The number of nitrogens with zero attached hydrogens (tertiary/aromatic N) is 2. The number of hydrogen-bond donors (Lipinski definition) is 1. The van der Waals surface area contributed by atoms with Crippen molar-refractivity contribution in [2.75, 3.05) is 19.6 Å². The zero-order chi connectivity index (χ0) is 23.7. The third-order valence-electron chi connectivity index (χ3n) is 9.33. The molecule has 5 nitrogen and oxygen atoms in total. The van der Waals surface area contributed by atoms with Crippen molar-refractivity contribution >= 4 is 21.7 Å². The number of rotatable bonds is 2. The Morgan fingerprint density at radius 2 is 1.94 bits per heavy atom. The van der Waals surface area contributed by atoms with Gasteiger partial charge in [0.05, 0.1) is 5.39 Å². The van der Waals surface area contributed by atoms with Crippen LogP contribution in [0.3, 0.4) is 0 Å². The quantitative estimate of drug-likeness (QED) is 0.311. The number of hydrogen-bond acceptors (Lipinski definition) is 5. The molecule has 3 saturated heterocycles. The van der Waals surface area contributed by atoms with Crippen molar-refractivity contribution in [3.05, 3.63) is 63.5 Å². The lowest BCUT2D eigenvalue weighted by molar-refractivity contribution is -0.00277. The Balaban J connectivity index is 1.28. The first-order chi connectivity index (χ1) is 17.1. The number of aryl methyl sites for hydroxylation is 1. The molecule has 4 heterocycles. The van der Waals surface area contributed by atoms with Crippen molar-refractivity contribution < 1.29 is 9.52 Å². The van der Waals surface area contributed by atoms with E-state index in [1.807, 2.05) is 31.2 Å². The molecule has 3 fully saturated rings. The van der Waals surface area contributed by atoms with Gasteiger partial charge in [0.25, 0.3) is 0 Å². The van der Waals surface area contributed by atoms with Gasteiger partial charge >= 0.3 is 5.63 Å². The Bertz CT molecular complexity index is 1410. The number of benzene rings is 2. The number of piperidine rings is 3. The summed E-state index contributed by atoms with van der Waals surface area (Å²) in [6.07, 6.45) is 10.5. The Morgan fingerprint density at radius 3 is 2.83 bits per heavy atom. The summed E-state index contributed by atoms with van der Waals surface area (Å²) in [6.45, 7) is 6.13. The van der Waals surface area contributed by atoms with Crippen LogP contribution in [0.2, 0.25) is 0 Å². The molecule has 0 spiro atoms. The summed E-state index contributed by atoms with van der Waals surface area (Å²) in [6, 6.07) is 10.9.